The first kappa shape index (κ1) is 10.5. The van der Waals surface area contributed by atoms with Crippen LogP contribution >= 0.6 is 0 Å². The fourth-order valence-corrected chi connectivity index (χ4v) is 1.62. The van der Waals surface area contributed by atoms with Gasteiger partial charge in [0.1, 0.15) is 12.2 Å². The van der Waals surface area contributed by atoms with Gasteiger partial charge in [-0.3, -0.25) is 4.79 Å². The molecule has 1 fully saturated rings. The van der Waals surface area contributed by atoms with Gasteiger partial charge in [0, 0.05) is 0 Å². The molecule has 1 aliphatic rings. The number of aliphatic hydroxyl groups excluding tert-OH is 1. The van der Waals surface area contributed by atoms with Crippen molar-refractivity contribution in [2.75, 3.05) is 0 Å². The lowest BCUT2D eigenvalue weighted by Crippen LogP contribution is -2.20. The number of carbonyl (C=O) groups excluding carboxylic acids is 1. The Balaban J connectivity index is 2.11. The van der Waals surface area contributed by atoms with Crippen LogP contribution in [0.4, 0.5) is 0 Å². The predicted octanol–water partition coefficient (Wildman–Crippen LogP) is 1.63. The number of unbranched alkanes of at least 4 members (excludes halogenated alkanes) is 3. The molecule has 2 atom stereocenters. The third-order valence-electron chi connectivity index (χ3n) is 2.43. The van der Waals surface area contributed by atoms with E-state index in [4.69, 9.17) is 4.74 Å². The molecular weight excluding hydrogens is 168 g/mol. The smallest absolute Gasteiger partial charge is 0.308 e. The molecule has 1 rings (SSSR count). The predicted molar refractivity (Wildman–Crippen MR) is 49.3 cm³/mol. The molecule has 0 aromatic rings. The van der Waals surface area contributed by atoms with Gasteiger partial charge in [0.25, 0.3) is 0 Å². The second-order valence-electron chi connectivity index (χ2n) is 3.65. The van der Waals surface area contributed by atoms with Crippen molar-refractivity contribution in [1.29, 1.82) is 0 Å². The first-order chi connectivity index (χ1) is 6.24. The van der Waals surface area contributed by atoms with Gasteiger partial charge >= 0.3 is 5.97 Å². The Morgan fingerprint density at radius 1 is 1.46 bits per heavy atom. The zero-order chi connectivity index (χ0) is 9.68. The molecule has 0 amide bonds. The van der Waals surface area contributed by atoms with Crippen molar-refractivity contribution in [3.8, 4) is 0 Å². The third kappa shape index (κ3) is 3.35. The maximum Gasteiger partial charge on any atom is 0.308 e. The minimum atomic E-state index is -0.561. The van der Waals surface area contributed by atoms with Crippen molar-refractivity contribution in [2.24, 2.45) is 0 Å². The molecule has 0 saturated carbocycles. The Morgan fingerprint density at radius 2 is 2.23 bits per heavy atom. The molecular formula is C10H18O3. The van der Waals surface area contributed by atoms with Crippen LogP contribution < -0.4 is 0 Å². The van der Waals surface area contributed by atoms with Crippen LogP contribution in [0.2, 0.25) is 0 Å². The largest absolute Gasteiger partial charge is 0.460 e. The van der Waals surface area contributed by atoms with Crippen molar-refractivity contribution >= 4 is 5.97 Å². The minimum absolute atomic E-state index is 0.179. The van der Waals surface area contributed by atoms with Gasteiger partial charge in [0.2, 0.25) is 0 Å². The summed E-state index contributed by atoms with van der Waals surface area (Å²) in [6.07, 6.45) is 4.83. The van der Waals surface area contributed by atoms with Gasteiger partial charge in [-0.1, -0.05) is 26.2 Å². The summed E-state index contributed by atoms with van der Waals surface area (Å²) in [4.78, 5) is 10.8. The van der Waals surface area contributed by atoms with Gasteiger partial charge in [-0.2, -0.15) is 0 Å². The highest BCUT2D eigenvalue weighted by Crippen LogP contribution is 2.20. The van der Waals surface area contributed by atoms with Crippen LogP contribution in [0.25, 0.3) is 0 Å². The molecule has 0 bridgehead atoms. The van der Waals surface area contributed by atoms with E-state index in [-0.39, 0.29) is 18.5 Å². The maximum absolute atomic E-state index is 10.8. The number of cyclic esters (lactones) is 1. The molecule has 1 aliphatic heterocycles. The van der Waals surface area contributed by atoms with E-state index in [9.17, 15) is 9.90 Å². The summed E-state index contributed by atoms with van der Waals surface area (Å²) in [6.45, 7) is 2.16. The molecule has 3 heteroatoms. The van der Waals surface area contributed by atoms with E-state index in [0.29, 0.717) is 0 Å². The molecule has 2 unspecified atom stereocenters. The summed E-state index contributed by atoms with van der Waals surface area (Å²) in [6, 6.07) is 0. The second kappa shape index (κ2) is 5.22. The molecule has 1 N–H and O–H groups in total. The van der Waals surface area contributed by atoms with E-state index in [1.54, 1.807) is 0 Å². The van der Waals surface area contributed by atoms with E-state index in [1.165, 1.54) is 12.8 Å². The molecule has 0 aliphatic carbocycles. The highest BCUT2D eigenvalue weighted by Gasteiger charge is 2.32. The Hall–Kier alpha value is -0.570. The second-order valence-corrected chi connectivity index (χ2v) is 3.65. The molecule has 13 heavy (non-hydrogen) atoms. The number of hydrogen-bond donors (Lipinski definition) is 1. The fourth-order valence-electron chi connectivity index (χ4n) is 1.62. The lowest BCUT2D eigenvalue weighted by atomic mass is 10.1. The van der Waals surface area contributed by atoms with E-state index >= 15 is 0 Å². The Kier molecular flexibility index (Phi) is 4.22. The Bertz CT molecular complexity index is 168. The minimum Gasteiger partial charge on any atom is -0.460 e. The molecule has 0 radical (unpaired) electrons. The van der Waals surface area contributed by atoms with Crippen molar-refractivity contribution in [2.45, 2.75) is 57.7 Å². The number of aliphatic hydroxyl groups is 1. The van der Waals surface area contributed by atoms with Crippen LogP contribution in [0, 0.1) is 0 Å². The summed E-state index contributed by atoms with van der Waals surface area (Å²) < 4.78 is 4.96. The maximum atomic E-state index is 10.8. The molecule has 0 spiro atoms. The van der Waals surface area contributed by atoms with Crippen LogP contribution in [-0.4, -0.2) is 23.3 Å². The summed E-state index contributed by atoms with van der Waals surface area (Å²) in [7, 11) is 0. The first-order valence-corrected chi connectivity index (χ1v) is 5.11. The molecule has 0 aromatic carbocycles. The topological polar surface area (TPSA) is 46.5 Å². The van der Waals surface area contributed by atoms with Gasteiger partial charge in [-0.15, -0.1) is 0 Å². The number of ether oxygens (including phenoxy) is 1. The lowest BCUT2D eigenvalue weighted by molar-refractivity contribution is -0.142. The van der Waals surface area contributed by atoms with Gasteiger partial charge in [-0.25, -0.2) is 0 Å². The molecule has 1 heterocycles. The number of rotatable bonds is 5. The Morgan fingerprint density at radius 3 is 2.77 bits per heavy atom. The van der Waals surface area contributed by atoms with Gasteiger partial charge in [-0.05, 0) is 12.8 Å². The zero-order valence-electron chi connectivity index (χ0n) is 8.16. The monoisotopic (exact) mass is 186 g/mol. The summed E-state index contributed by atoms with van der Waals surface area (Å²) in [5, 5.41) is 9.37. The van der Waals surface area contributed by atoms with Crippen LogP contribution in [0.5, 0.6) is 0 Å². The third-order valence-corrected chi connectivity index (χ3v) is 2.43. The lowest BCUT2D eigenvalue weighted by Gasteiger charge is -2.11. The normalized spacial score (nSPS) is 27.7. The van der Waals surface area contributed by atoms with Crippen molar-refractivity contribution in [3.63, 3.8) is 0 Å². The van der Waals surface area contributed by atoms with Crippen LogP contribution in [0.3, 0.4) is 0 Å². The fraction of sp³-hybridized carbons (Fsp3) is 0.900. The van der Waals surface area contributed by atoms with Gasteiger partial charge in [0.05, 0.1) is 6.42 Å². The Labute approximate surface area is 79.1 Å². The van der Waals surface area contributed by atoms with Crippen LogP contribution in [-0.2, 0) is 9.53 Å². The van der Waals surface area contributed by atoms with Crippen LogP contribution in [0.1, 0.15) is 45.4 Å². The van der Waals surface area contributed by atoms with E-state index < -0.39 is 6.10 Å². The van der Waals surface area contributed by atoms with Gasteiger partial charge in [0.15, 0.2) is 0 Å². The summed E-state index contributed by atoms with van der Waals surface area (Å²) >= 11 is 0. The van der Waals surface area contributed by atoms with Gasteiger partial charge < -0.3 is 9.84 Å². The molecule has 1 saturated heterocycles. The molecule has 0 aromatic heterocycles. The van der Waals surface area contributed by atoms with Crippen molar-refractivity contribution < 1.29 is 14.6 Å². The van der Waals surface area contributed by atoms with E-state index in [1.807, 2.05) is 0 Å². The zero-order valence-corrected chi connectivity index (χ0v) is 8.16. The standard InChI is InChI=1S/C10H18O3/c1-2-3-4-5-6-9-8(11)7-10(12)13-9/h8-9,11H,2-7H2,1H3. The summed E-state index contributed by atoms with van der Waals surface area (Å²) in [5.74, 6) is -0.256. The summed E-state index contributed by atoms with van der Waals surface area (Å²) in [5.41, 5.74) is 0. The van der Waals surface area contributed by atoms with Crippen LogP contribution in [0.15, 0.2) is 0 Å². The van der Waals surface area contributed by atoms with Crippen molar-refractivity contribution in [1.82, 2.24) is 0 Å². The highest BCUT2D eigenvalue weighted by molar-refractivity contribution is 5.72. The molecule has 3 nitrogen and oxygen atoms in total. The van der Waals surface area contributed by atoms with E-state index in [2.05, 4.69) is 6.92 Å². The number of hydrogen-bond acceptors (Lipinski definition) is 3. The number of carbonyl (C=O) groups is 1. The average molecular weight is 186 g/mol. The first-order valence-electron chi connectivity index (χ1n) is 5.11. The SMILES string of the molecule is CCCCCCC1OC(=O)CC1O. The van der Waals surface area contributed by atoms with E-state index in [0.717, 1.165) is 19.3 Å². The average Bonchev–Trinajstić information content (AvgIpc) is 2.39. The number of esters is 1. The van der Waals surface area contributed by atoms with Crippen molar-refractivity contribution in [3.05, 3.63) is 0 Å². The molecule has 76 valence electrons. The highest BCUT2D eigenvalue weighted by atomic mass is 16.6. The quantitative estimate of drug-likeness (QED) is 0.524.